The molecule has 3 nitrogen and oxygen atoms in total. The Kier molecular flexibility index (Phi) is 7.54. The van der Waals surface area contributed by atoms with Crippen molar-refractivity contribution >= 4 is 65.2 Å². The van der Waals surface area contributed by atoms with E-state index >= 15 is 0 Å². The molecule has 59 heavy (non-hydrogen) atoms. The van der Waals surface area contributed by atoms with Crippen LogP contribution in [-0.4, -0.2) is 14.5 Å². The smallest absolute Gasteiger partial charge is 0.165 e. The molecular weight excluding hydrogens is 715 g/mol. The fourth-order valence-electron chi connectivity index (χ4n) is 9.20. The van der Waals surface area contributed by atoms with Gasteiger partial charge in [-0.05, 0) is 90.0 Å². The van der Waals surface area contributed by atoms with Crippen LogP contribution in [0.25, 0.3) is 116 Å². The number of nitrogens with zero attached hydrogens (tertiary/aromatic N) is 3. The molecule has 0 spiro atoms. The van der Waals surface area contributed by atoms with E-state index in [-0.39, 0.29) is 0 Å². The van der Waals surface area contributed by atoms with E-state index < -0.39 is 0 Å². The average molecular weight is 750 g/mol. The fourth-order valence-corrected chi connectivity index (χ4v) is 9.20. The Morgan fingerprint density at radius 3 is 1.53 bits per heavy atom. The van der Waals surface area contributed by atoms with Crippen molar-refractivity contribution in [3.05, 3.63) is 212 Å². The maximum atomic E-state index is 5.53. The number of hydrogen-bond acceptors (Lipinski definition) is 2. The van der Waals surface area contributed by atoms with Gasteiger partial charge in [0.25, 0.3) is 0 Å². The predicted molar refractivity (Wildman–Crippen MR) is 248 cm³/mol. The van der Waals surface area contributed by atoms with Gasteiger partial charge in [-0.3, -0.25) is 4.57 Å². The summed E-state index contributed by atoms with van der Waals surface area (Å²) >= 11 is 0. The van der Waals surface area contributed by atoms with Crippen LogP contribution in [0.4, 0.5) is 0 Å². The molecule has 0 aliphatic rings. The third-order valence-corrected chi connectivity index (χ3v) is 12.0. The molecule has 0 radical (unpaired) electrons. The Hall–Kier alpha value is -7.88. The van der Waals surface area contributed by atoms with E-state index in [0.29, 0.717) is 0 Å². The summed E-state index contributed by atoms with van der Waals surface area (Å²) in [6.07, 6.45) is 0. The third-order valence-electron chi connectivity index (χ3n) is 12.0. The summed E-state index contributed by atoms with van der Waals surface area (Å²) in [5.41, 5.74) is 12.9. The molecule has 3 heteroatoms. The third kappa shape index (κ3) is 5.36. The first-order valence-corrected chi connectivity index (χ1v) is 20.2. The summed E-state index contributed by atoms with van der Waals surface area (Å²) in [6, 6.07) is 76.2. The number of fused-ring (bicyclic) bond motifs is 9. The lowest BCUT2D eigenvalue weighted by atomic mass is 9.91. The van der Waals surface area contributed by atoms with E-state index in [1.165, 1.54) is 70.9 Å². The molecule has 2 heterocycles. The summed E-state index contributed by atoms with van der Waals surface area (Å²) in [6.45, 7) is 0. The molecule has 12 rings (SSSR count). The van der Waals surface area contributed by atoms with Crippen LogP contribution in [-0.2, 0) is 0 Å². The quantitative estimate of drug-likeness (QED) is 0.175. The van der Waals surface area contributed by atoms with E-state index in [2.05, 4.69) is 205 Å². The van der Waals surface area contributed by atoms with Crippen LogP contribution < -0.4 is 0 Å². The summed E-state index contributed by atoms with van der Waals surface area (Å²) in [5, 5.41) is 9.74. The van der Waals surface area contributed by atoms with Crippen molar-refractivity contribution in [1.82, 2.24) is 14.5 Å². The van der Waals surface area contributed by atoms with Gasteiger partial charge in [0, 0.05) is 16.3 Å². The highest BCUT2D eigenvalue weighted by molar-refractivity contribution is 6.30. The molecule has 0 atom stereocenters. The monoisotopic (exact) mass is 749 g/mol. The van der Waals surface area contributed by atoms with Crippen LogP contribution in [0.15, 0.2) is 212 Å². The van der Waals surface area contributed by atoms with Crippen molar-refractivity contribution in [1.29, 1.82) is 0 Å². The molecule has 0 bridgehead atoms. The van der Waals surface area contributed by atoms with Crippen molar-refractivity contribution in [2.24, 2.45) is 0 Å². The van der Waals surface area contributed by atoms with Gasteiger partial charge in [-0.25, -0.2) is 9.97 Å². The molecule has 274 valence electrons. The summed E-state index contributed by atoms with van der Waals surface area (Å²) in [5.74, 6) is 0.804. The summed E-state index contributed by atoms with van der Waals surface area (Å²) in [7, 11) is 0. The van der Waals surface area contributed by atoms with E-state index in [9.17, 15) is 0 Å². The lowest BCUT2D eigenvalue weighted by Gasteiger charge is -2.16. The molecule has 0 saturated carbocycles. The van der Waals surface area contributed by atoms with Crippen molar-refractivity contribution in [2.75, 3.05) is 0 Å². The zero-order valence-electron chi connectivity index (χ0n) is 32.0. The molecular formula is C56H35N3. The first-order chi connectivity index (χ1) is 29.3. The van der Waals surface area contributed by atoms with E-state index in [1.54, 1.807) is 0 Å². The second kappa shape index (κ2) is 13.4. The van der Waals surface area contributed by atoms with Gasteiger partial charge in [-0.15, -0.1) is 0 Å². The van der Waals surface area contributed by atoms with Gasteiger partial charge in [0.05, 0.1) is 22.1 Å². The van der Waals surface area contributed by atoms with Gasteiger partial charge in [0.2, 0.25) is 0 Å². The van der Waals surface area contributed by atoms with Gasteiger partial charge < -0.3 is 0 Å². The standard InChI is InChI=1S/C56H35N3/c1-2-13-36(14-3-1)37-25-27-38(28-26-37)39-29-31-42(32-30-39)55-56(58-50-24-11-10-23-49(50)57-55)59-51-34-33-41-16-5-7-19-44(41)53(51)54-47-21-9-8-20-46(47)48(35-52(54)59)45-22-12-17-40-15-4-6-18-43(40)45/h1-35H. The van der Waals surface area contributed by atoms with Crippen LogP contribution in [0.2, 0.25) is 0 Å². The van der Waals surface area contributed by atoms with Gasteiger partial charge in [-0.2, -0.15) is 0 Å². The lowest BCUT2D eigenvalue weighted by Crippen LogP contribution is -2.04. The van der Waals surface area contributed by atoms with Crippen LogP contribution in [0.1, 0.15) is 0 Å². The number of benzene rings is 10. The number of aromatic nitrogens is 3. The molecule has 12 aromatic rings. The normalized spacial score (nSPS) is 11.7. The van der Waals surface area contributed by atoms with Crippen LogP contribution >= 0.6 is 0 Å². The summed E-state index contributed by atoms with van der Waals surface area (Å²) < 4.78 is 2.38. The van der Waals surface area contributed by atoms with E-state index in [4.69, 9.17) is 9.97 Å². The van der Waals surface area contributed by atoms with Crippen molar-refractivity contribution in [2.45, 2.75) is 0 Å². The van der Waals surface area contributed by atoms with Crippen molar-refractivity contribution < 1.29 is 0 Å². The minimum Gasteiger partial charge on any atom is -0.292 e. The zero-order chi connectivity index (χ0) is 38.9. The Morgan fingerprint density at radius 2 is 0.814 bits per heavy atom. The molecule has 10 aromatic carbocycles. The second-order valence-corrected chi connectivity index (χ2v) is 15.3. The molecule has 0 fully saturated rings. The fraction of sp³-hybridized carbons (Fsp3) is 0. The van der Waals surface area contributed by atoms with E-state index in [0.717, 1.165) is 44.7 Å². The molecule has 0 amide bonds. The topological polar surface area (TPSA) is 30.7 Å². The molecule has 0 aliphatic carbocycles. The Labute approximate surface area is 341 Å². The highest BCUT2D eigenvalue weighted by Gasteiger charge is 2.24. The maximum Gasteiger partial charge on any atom is 0.165 e. The molecule has 0 N–H and O–H groups in total. The second-order valence-electron chi connectivity index (χ2n) is 15.3. The Bertz CT molecular complexity index is 3580. The molecule has 0 saturated heterocycles. The molecule has 2 aromatic heterocycles. The molecule has 0 aliphatic heterocycles. The summed E-state index contributed by atoms with van der Waals surface area (Å²) in [4.78, 5) is 11.0. The number of para-hydroxylation sites is 2. The van der Waals surface area contributed by atoms with Gasteiger partial charge in [0.15, 0.2) is 5.82 Å². The van der Waals surface area contributed by atoms with Crippen LogP contribution in [0.5, 0.6) is 0 Å². The van der Waals surface area contributed by atoms with Gasteiger partial charge >= 0.3 is 0 Å². The van der Waals surface area contributed by atoms with Crippen molar-refractivity contribution in [3.8, 4) is 50.5 Å². The lowest BCUT2D eigenvalue weighted by molar-refractivity contribution is 1.08. The number of rotatable bonds is 5. The largest absolute Gasteiger partial charge is 0.292 e. The minimum absolute atomic E-state index is 0.804. The molecule has 0 unspecified atom stereocenters. The van der Waals surface area contributed by atoms with Gasteiger partial charge in [0.1, 0.15) is 5.69 Å². The van der Waals surface area contributed by atoms with E-state index in [1.807, 2.05) is 12.1 Å². The predicted octanol–water partition coefficient (Wildman–Crippen LogP) is 14.9. The SMILES string of the molecule is c1ccc(-c2ccc(-c3ccc(-c4nc5ccccc5nc4-n4c5ccc6ccccc6c5c5c6ccccc6c(-c6cccc7ccccc67)cc54)cc3)cc2)cc1. The highest BCUT2D eigenvalue weighted by Crippen LogP contribution is 2.46. The minimum atomic E-state index is 0.804. The maximum absolute atomic E-state index is 5.53. The Balaban J connectivity index is 1.14. The van der Waals surface area contributed by atoms with Crippen LogP contribution in [0, 0.1) is 0 Å². The first kappa shape index (κ1) is 33.3. The first-order valence-electron chi connectivity index (χ1n) is 20.2. The highest BCUT2D eigenvalue weighted by atomic mass is 15.1. The Morgan fingerprint density at radius 1 is 0.305 bits per heavy atom. The van der Waals surface area contributed by atoms with Gasteiger partial charge in [-0.1, -0.05) is 188 Å². The zero-order valence-corrected chi connectivity index (χ0v) is 32.0. The average Bonchev–Trinajstić information content (AvgIpc) is 3.66. The number of hydrogen-bond donors (Lipinski definition) is 0. The van der Waals surface area contributed by atoms with Crippen molar-refractivity contribution in [3.63, 3.8) is 0 Å². The van der Waals surface area contributed by atoms with Crippen LogP contribution in [0.3, 0.4) is 0 Å².